The van der Waals surface area contributed by atoms with Crippen LogP contribution in [0.4, 0.5) is 33.3 Å². The molecular weight excluding hydrogens is 295 g/mol. The number of hydrogen-bond donors (Lipinski definition) is 2. The van der Waals surface area contributed by atoms with Gasteiger partial charge in [-0.25, -0.2) is 22.0 Å². The van der Waals surface area contributed by atoms with Crippen LogP contribution in [0.2, 0.25) is 0 Å². The lowest BCUT2D eigenvalue weighted by Crippen LogP contribution is -2.17. The zero-order chi connectivity index (χ0) is 15.7. The van der Waals surface area contributed by atoms with Crippen molar-refractivity contribution in [1.29, 1.82) is 0 Å². The van der Waals surface area contributed by atoms with Gasteiger partial charge in [0.15, 0.2) is 23.3 Å². The van der Waals surface area contributed by atoms with Crippen molar-refractivity contribution in [3.63, 3.8) is 0 Å². The fraction of sp³-hybridized carbons (Fsp3) is 0. The molecule has 0 heterocycles. The van der Waals surface area contributed by atoms with Crippen molar-refractivity contribution >= 4 is 17.3 Å². The van der Waals surface area contributed by atoms with Gasteiger partial charge in [0.25, 0.3) is 5.91 Å². The molecule has 8 heteroatoms. The number of carbonyl (C=O) groups is 1. The Hall–Kier alpha value is -2.64. The predicted molar refractivity (Wildman–Crippen MR) is 65.0 cm³/mol. The maximum atomic E-state index is 13.4. The van der Waals surface area contributed by atoms with E-state index in [-0.39, 0.29) is 6.07 Å². The average Bonchev–Trinajstić information content (AvgIpc) is 2.44. The maximum absolute atomic E-state index is 13.4. The lowest BCUT2D eigenvalue weighted by molar-refractivity contribution is 0.102. The smallest absolute Gasteiger partial charge is 0.258 e. The van der Waals surface area contributed by atoms with Gasteiger partial charge in [0, 0.05) is 6.07 Å². The highest BCUT2D eigenvalue weighted by atomic mass is 19.2. The molecule has 0 saturated heterocycles. The van der Waals surface area contributed by atoms with Crippen LogP contribution in [0.1, 0.15) is 10.4 Å². The van der Waals surface area contributed by atoms with Crippen LogP contribution in [0.15, 0.2) is 24.3 Å². The predicted octanol–water partition coefficient (Wildman–Crippen LogP) is 3.22. The minimum absolute atomic E-state index is 0.00311. The second-order valence-electron chi connectivity index (χ2n) is 4.00. The summed E-state index contributed by atoms with van der Waals surface area (Å²) in [6.07, 6.45) is 0. The summed E-state index contributed by atoms with van der Waals surface area (Å²) >= 11 is 0. The number of carbonyl (C=O) groups excluding carboxylic acids is 1. The molecule has 110 valence electrons. The van der Waals surface area contributed by atoms with E-state index in [1.54, 1.807) is 5.32 Å². The summed E-state index contributed by atoms with van der Waals surface area (Å²) in [4.78, 5) is 11.8. The monoisotopic (exact) mass is 302 g/mol. The molecule has 0 aliphatic heterocycles. The number of benzene rings is 2. The number of para-hydroxylation sites is 1. The minimum atomic E-state index is -1.78. The fourth-order valence-electron chi connectivity index (χ4n) is 1.60. The third kappa shape index (κ3) is 2.64. The van der Waals surface area contributed by atoms with E-state index in [9.17, 15) is 26.7 Å². The number of nitrogen functional groups attached to an aromatic ring is 1. The first-order valence-electron chi connectivity index (χ1n) is 5.51. The molecule has 1 amide bonds. The molecule has 0 bridgehead atoms. The second kappa shape index (κ2) is 5.39. The van der Waals surface area contributed by atoms with Gasteiger partial charge in [-0.05, 0) is 12.1 Å². The summed E-state index contributed by atoms with van der Waals surface area (Å²) in [5, 5.41) is 1.63. The number of nitrogens with one attached hydrogen (secondary N) is 1. The number of hydrogen-bond acceptors (Lipinski definition) is 2. The summed E-state index contributed by atoms with van der Waals surface area (Å²) in [7, 11) is 0. The van der Waals surface area contributed by atoms with Crippen molar-refractivity contribution < 1.29 is 26.7 Å². The summed E-state index contributed by atoms with van der Waals surface area (Å²) < 4.78 is 66.0. The third-order valence-corrected chi connectivity index (χ3v) is 2.65. The molecule has 3 nitrogen and oxygen atoms in total. The van der Waals surface area contributed by atoms with E-state index in [0.717, 1.165) is 18.2 Å². The van der Waals surface area contributed by atoms with E-state index in [0.29, 0.717) is 0 Å². The van der Waals surface area contributed by atoms with Crippen LogP contribution in [0, 0.1) is 29.1 Å². The normalized spacial score (nSPS) is 10.5. The van der Waals surface area contributed by atoms with E-state index in [4.69, 9.17) is 5.73 Å². The van der Waals surface area contributed by atoms with Crippen molar-refractivity contribution in [3.8, 4) is 0 Å². The quantitative estimate of drug-likeness (QED) is 0.508. The molecule has 0 atom stereocenters. The summed E-state index contributed by atoms with van der Waals surface area (Å²) in [6.45, 7) is 0. The Morgan fingerprint density at radius 2 is 1.52 bits per heavy atom. The number of nitrogens with two attached hydrogens (primary N) is 1. The van der Waals surface area contributed by atoms with E-state index in [1.165, 1.54) is 0 Å². The first-order chi connectivity index (χ1) is 9.82. The lowest BCUT2D eigenvalue weighted by Gasteiger charge is -2.10. The molecule has 0 spiro atoms. The highest BCUT2D eigenvalue weighted by Gasteiger charge is 2.22. The Bertz CT molecular complexity index is 707. The van der Waals surface area contributed by atoms with Crippen LogP contribution >= 0.6 is 0 Å². The Morgan fingerprint density at radius 1 is 0.952 bits per heavy atom. The molecule has 0 unspecified atom stereocenters. The number of amides is 1. The fourth-order valence-corrected chi connectivity index (χ4v) is 1.60. The topological polar surface area (TPSA) is 55.1 Å². The molecule has 21 heavy (non-hydrogen) atoms. The number of anilines is 2. The van der Waals surface area contributed by atoms with Gasteiger partial charge in [-0.3, -0.25) is 4.79 Å². The Morgan fingerprint density at radius 3 is 2.10 bits per heavy atom. The lowest BCUT2D eigenvalue weighted by atomic mass is 10.1. The van der Waals surface area contributed by atoms with Crippen molar-refractivity contribution in [1.82, 2.24) is 0 Å². The van der Waals surface area contributed by atoms with Gasteiger partial charge in [-0.1, -0.05) is 6.07 Å². The van der Waals surface area contributed by atoms with Crippen LogP contribution in [-0.4, -0.2) is 5.91 Å². The van der Waals surface area contributed by atoms with Gasteiger partial charge in [0.05, 0.1) is 11.3 Å². The van der Waals surface area contributed by atoms with Crippen molar-refractivity contribution in [2.45, 2.75) is 0 Å². The van der Waals surface area contributed by atoms with Crippen LogP contribution in [-0.2, 0) is 0 Å². The summed E-state index contributed by atoms with van der Waals surface area (Å²) in [6, 6.07) is 3.19. The van der Waals surface area contributed by atoms with E-state index in [1.807, 2.05) is 0 Å². The van der Waals surface area contributed by atoms with Gasteiger partial charge in [0.2, 0.25) is 0 Å². The standard InChI is InChI=1S/C13H7F5N2O/c14-6-3-1-2-5(11(6)19)13(21)20-12-9(17)7(15)4-8(16)10(12)18/h1-4H,19H2,(H,20,21). The molecule has 0 aliphatic rings. The molecule has 0 aromatic heterocycles. The molecule has 2 rings (SSSR count). The molecule has 0 radical (unpaired) electrons. The first kappa shape index (κ1) is 14.8. The minimum Gasteiger partial charge on any atom is -0.396 e. The molecule has 0 saturated carbocycles. The van der Waals surface area contributed by atoms with Crippen molar-refractivity contribution in [3.05, 3.63) is 58.9 Å². The van der Waals surface area contributed by atoms with Crippen LogP contribution in [0.5, 0.6) is 0 Å². The van der Waals surface area contributed by atoms with Crippen LogP contribution in [0.3, 0.4) is 0 Å². The average molecular weight is 302 g/mol. The molecular formula is C13H7F5N2O. The highest BCUT2D eigenvalue weighted by molar-refractivity contribution is 6.07. The molecule has 2 aromatic carbocycles. The Balaban J connectivity index is 2.43. The first-order valence-corrected chi connectivity index (χ1v) is 5.51. The highest BCUT2D eigenvalue weighted by Crippen LogP contribution is 2.25. The zero-order valence-corrected chi connectivity index (χ0v) is 10.2. The van der Waals surface area contributed by atoms with Crippen LogP contribution in [0.25, 0.3) is 0 Å². The van der Waals surface area contributed by atoms with E-state index < -0.39 is 51.9 Å². The largest absolute Gasteiger partial charge is 0.396 e. The number of halogens is 5. The molecule has 3 N–H and O–H groups in total. The van der Waals surface area contributed by atoms with Crippen LogP contribution < -0.4 is 11.1 Å². The molecule has 0 aliphatic carbocycles. The number of rotatable bonds is 2. The van der Waals surface area contributed by atoms with Gasteiger partial charge < -0.3 is 11.1 Å². The van der Waals surface area contributed by atoms with E-state index in [2.05, 4.69) is 0 Å². The summed E-state index contributed by atoms with van der Waals surface area (Å²) in [5.41, 5.74) is 2.99. The van der Waals surface area contributed by atoms with Gasteiger partial charge >= 0.3 is 0 Å². The SMILES string of the molecule is Nc1c(F)cccc1C(=O)Nc1c(F)c(F)cc(F)c1F. The third-order valence-electron chi connectivity index (χ3n) is 2.65. The van der Waals surface area contributed by atoms with Gasteiger partial charge in [0.1, 0.15) is 11.5 Å². The maximum Gasteiger partial charge on any atom is 0.258 e. The molecule has 0 fully saturated rings. The van der Waals surface area contributed by atoms with Crippen molar-refractivity contribution in [2.24, 2.45) is 0 Å². The Labute approximate surface area is 115 Å². The summed E-state index contributed by atoms with van der Waals surface area (Å²) in [5.74, 6) is -9.06. The zero-order valence-electron chi connectivity index (χ0n) is 10.2. The Kier molecular flexibility index (Phi) is 3.79. The van der Waals surface area contributed by atoms with Gasteiger partial charge in [-0.2, -0.15) is 0 Å². The van der Waals surface area contributed by atoms with Gasteiger partial charge in [-0.15, -0.1) is 0 Å². The van der Waals surface area contributed by atoms with E-state index >= 15 is 0 Å². The molecule has 2 aromatic rings. The van der Waals surface area contributed by atoms with Crippen molar-refractivity contribution in [2.75, 3.05) is 11.1 Å². The second-order valence-corrected chi connectivity index (χ2v) is 4.00.